The molecule has 30 heavy (non-hydrogen) atoms. The molecule has 0 atom stereocenters. The number of amides is 1. The Hall–Kier alpha value is -3.36. The van der Waals surface area contributed by atoms with Crippen molar-refractivity contribution in [3.05, 3.63) is 71.4 Å². The Morgan fingerprint density at radius 1 is 1.20 bits per heavy atom. The van der Waals surface area contributed by atoms with Gasteiger partial charge in [0, 0.05) is 37.0 Å². The van der Waals surface area contributed by atoms with Gasteiger partial charge >= 0.3 is 6.61 Å². The molecule has 0 saturated carbocycles. The Bertz CT molecular complexity index is 982. The number of hydrogen-bond acceptors (Lipinski definition) is 4. The van der Waals surface area contributed by atoms with Crippen LogP contribution in [0.3, 0.4) is 0 Å². The van der Waals surface area contributed by atoms with Crippen molar-refractivity contribution in [1.82, 2.24) is 4.90 Å². The van der Waals surface area contributed by atoms with Gasteiger partial charge in [0.25, 0.3) is 11.8 Å². The van der Waals surface area contributed by atoms with Crippen molar-refractivity contribution >= 4 is 17.4 Å². The minimum absolute atomic E-state index is 0.0308. The summed E-state index contributed by atoms with van der Waals surface area (Å²) in [5.74, 6) is -2.90. The molecule has 3 rings (SSSR count). The highest BCUT2D eigenvalue weighted by molar-refractivity contribution is 6.07. The average molecular weight is 421 g/mol. The van der Waals surface area contributed by atoms with Crippen LogP contribution in [0.5, 0.6) is 5.75 Å². The van der Waals surface area contributed by atoms with Crippen LogP contribution in [-0.2, 0) is 10.7 Å². The van der Waals surface area contributed by atoms with Gasteiger partial charge in [0.1, 0.15) is 11.6 Å². The standard InChI is InChI=1S/C21H19F4N3O2/c1-21(24,25)15-4-3-5-16(10-15)27-19(29)14-11-26-18(28(2)12-14)13-6-8-17(9-7-13)30-20(22)23/h3-11,20H,12H2,1-2H3,(H,27,29). The second-order valence-electron chi connectivity index (χ2n) is 6.79. The average Bonchev–Trinajstić information content (AvgIpc) is 2.68. The molecule has 0 radical (unpaired) electrons. The number of likely N-dealkylation sites (N-methyl/N-ethyl adjacent to an activating group) is 1. The zero-order valence-electron chi connectivity index (χ0n) is 16.2. The fraction of sp³-hybridized carbons (Fsp3) is 0.238. The summed E-state index contributed by atoms with van der Waals surface area (Å²) in [4.78, 5) is 18.5. The van der Waals surface area contributed by atoms with Crippen molar-refractivity contribution in [2.75, 3.05) is 18.9 Å². The fourth-order valence-corrected chi connectivity index (χ4v) is 2.90. The van der Waals surface area contributed by atoms with Gasteiger partial charge in [0.05, 0.1) is 12.1 Å². The molecule has 1 N–H and O–H groups in total. The summed E-state index contributed by atoms with van der Waals surface area (Å²) in [5.41, 5.74) is 1.06. The van der Waals surface area contributed by atoms with E-state index >= 15 is 0 Å². The van der Waals surface area contributed by atoms with Gasteiger partial charge in [-0.05, 0) is 36.4 Å². The van der Waals surface area contributed by atoms with E-state index in [4.69, 9.17) is 0 Å². The molecule has 0 unspecified atom stereocenters. The van der Waals surface area contributed by atoms with Crippen LogP contribution in [0.2, 0.25) is 0 Å². The van der Waals surface area contributed by atoms with Crippen LogP contribution in [-0.4, -0.2) is 36.8 Å². The fourth-order valence-electron chi connectivity index (χ4n) is 2.90. The van der Waals surface area contributed by atoms with E-state index in [0.29, 0.717) is 17.0 Å². The second kappa shape index (κ2) is 8.56. The maximum Gasteiger partial charge on any atom is 0.387 e. The van der Waals surface area contributed by atoms with E-state index < -0.39 is 18.4 Å². The molecule has 0 spiro atoms. The summed E-state index contributed by atoms with van der Waals surface area (Å²) in [6, 6.07) is 11.5. The minimum Gasteiger partial charge on any atom is -0.435 e. The van der Waals surface area contributed by atoms with Crippen LogP contribution in [0, 0.1) is 0 Å². The maximum atomic E-state index is 13.5. The number of hydrogen-bond donors (Lipinski definition) is 1. The van der Waals surface area contributed by atoms with Gasteiger partial charge in [-0.2, -0.15) is 8.78 Å². The summed E-state index contributed by atoms with van der Waals surface area (Å²) in [6.45, 7) is -1.89. The lowest BCUT2D eigenvalue weighted by atomic mass is 10.1. The molecule has 0 fully saturated rings. The van der Waals surface area contributed by atoms with Crippen molar-refractivity contribution in [2.45, 2.75) is 19.5 Å². The molecule has 9 heteroatoms. The monoisotopic (exact) mass is 421 g/mol. The molecule has 5 nitrogen and oxygen atoms in total. The van der Waals surface area contributed by atoms with Gasteiger partial charge in [0.2, 0.25) is 0 Å². The number of carbonyl (C=O) groups excluding carboxylic acids is 1. The summed E-state index contributed by atoms with van der Waals surface area (Å²) in [6.07, 6.45) is 1.40. The van der Waals surface area contributed by atoms with Crippen molar-refractivity contribution in [1.29, 1.82) is 0 Å². The van der Waals surface area contributed by atoms with Gasteiger partial charge < -0.3 is 15.0 Å². The van der Waals surface area contributed by atoms with Gasteiger partial charge in [-0.3, -0.25) is 4.79 Å². The number of carbonyl (C=O) groups is 1. The van der Waals surface area contributed by atoms with Crippen LogP contribution in [0.1, 0.15) is 18.1 Å². The van der Waals surface area contributed by atoms with E-state index in [9.17, 15) is 22.4 Å². The summed E-state index contributed by atoms with van der Waals surface area (Å²) in [5, 5.41) is 2.60. The van der Waals surface area contributed by atoms with Gasteiger partial charge in [0.15, 0.2) is 0 Å². The molecule has 0 aromatic heterocycles. The number of halogens is 4. The lowest BCUT2D eigenvalue weighted by Crippen LogP contribution is -2.35. The predicted octanol–water partition coefficient (Wildman–Crippen LogP) is 4.61. The molecule has 2 aromatic rings. The topological polar surface area (TPSA) is 53.9 Å². The van der Waals surface area contributed by atoms with Gasteiger partial charge in [-0.25, -0.2) is 13.8 Å². The SMILES string of the molecule is CN1CC(C(=O)Nc2cccc(C(C)(F)F)c2)=CN=C1c1ccc(OC(F)F)cc1. The molecule has 0 bridgehead atoms. The highest BCUT2D eigenvalue weighted by Gasteiger charge is 2.25. The highest BCUT2D eigenvalue weighted by Crippen LogP contribution is 2.28. The lowest BCUT2D eigenvalue weighted by molar-refractivity contribution is -0.113. The number of aliphatic imine (C=N–C) groups is 1. The highest BCUT2D eigenvalue weighted by atomic mass is 19.3. The molecule has 158 valence electrons. The number of rotatable bonds is 6. The van der Waals surface area contributed by atoms with E-state index in [2.05, 4.69) is 15.0 Å². The molecule has 1 heterocycles. The molecule has 0 saturated heterocycles. The van der Waals surface area contributed by atoms with Crippen LogP contribution >= 0.6 is 0 Å². The summed E-state index contributed by atoms with van der Waals surface area (Å²) < 4.78 is 55.8. The van der Waals surface area contributed by atoms with Crippen LogP contribution in [0.25, 0.3) is 0 Å². The predicted molar refractivity (Wildman–Crippen MR) is 105 cm³/mol. The Balaban J connectivity index is 1.73. The number of nitrogens with one attached hydrogen (secondary N) is 1. The normalized spacial score (nSPS) is 14.3. The van der Waals surface area contributed by atoms with E-state index in [1.165, 1.54) is 42.6 Å². The Kier molecular flexibility index (Phi) is 6.09. The zero-order valence-corrected chi connectivity index (χ0v) is 16.2. The van der Waals surface area contributed by atoms with Crippen molar-refractivity contribution in [2.24, 2.45) is 4.99 Å². The summed E-state index contributed by atoms with van der Waals surface area (Å²) >= 11 is 0. The van der Waals surface area contributed by atoms with E-state index in [-0.39, 0.29) is 23.5 Å². The summed E-state index contributed by atoms with van der Waals surface area (Å²) in [7, 11) is 1.72. The third kappa shape index (κ3) is 5.16. The first-order valence-electron chi connectivity index (χ1n) is 8.96. The number of anilines is 1. The van der Waals surface area contributed by atoms with E-state index in [0.717, 1.165) is 6.92 Å². The van der Waals surface area contributed by atoms with Crippen molar-refractivity contribution in [3.8, 4) is 5.75 Å². The first kappa shape index (κ1) is 21.4. The van der Waals surface area contributed by atoms with Crippen LogP contribution in [0.4, 0.5) is 23.2 Å². The number of ether oxygens (including phenoxy) is 1. The third-order valence-corrected chi connectivity index (χ3v) is 4.37. The largest absolute Gasteiger partial charge is 0.435 e. The first-order valence-corrected chi connectivity index (χ1v) is 8.96. The van der Waals surface area contributed by atoms with Crippen molar-refractivity contribution < 1.29 is 27.1 Å². The molecule has 1 aliphatic heterocycles. The molecule has 1 aliphatic rings. The number of nitrogens with zero attached hydrogens (tertiary/aromatic N) is 2. The van der Waals surface area contributed by atoms with Gasteiger partial charge in [-0.1, -0.05) is 12.1 Å². The number of alkyl halides is 4. The molecule has 0 aliphatic carbocycles. The Morgan fingerprint density at radius 2 is 1.90 bits per heavy atom. The maximum absolute atomic E-state index is 13.5. The molecular formula is C21H19F4N3O2. The Morgan fingerprint density at radius 3 is 2.50 bits per heavy atom. The second-order valence-corrected chi connectivity index (χ2v) is 6.79. The van der Waals surface area contributed by atoms with Gasteiger partial charge in [-0.15, -0.1) is 0 Å². The molecule has 2 aromatic carbocycles. The third-order valence-electron chi connectivity index (χ3n) is 4.37. The molecular weight excluding hydrogens is 402 g/mol. The van der Waals surface area contributed by atoms with Crippen LogP contribution < -0.4 is 10.1 Å². The smallest absolute Gasteiger partial charge is 0.387 e. The lowest BCUT2D eigenvalue weighted by Gasteiger charge is -2.25. The van der Waals surface area contributed by atoms with E-state index in [1.807, 2.05) is 0 Å². The Labute approximate surface area is 170 Å². The first-order chi connectivity index (χ1) is 14.1. The number of benzene rings is 2. The minimum atomic E-state index is -3.01. The quantitative estimate of drug-likeness (QED) is 0.693. The van der Waals surface area contributed by atoms with Crippen molar-refractivity contribution in [3.63, 3.8) is 0 Å². The zero-order chi connectivity index (χ0) is 21.9. The number of amidine groups is 1. The van der Waals surface area contributed by atoms with E-state index in [1.54, 1.807) is 24.1 Å². The van der Waals surface area contributed by atoms with Crippen LogP contribution in [0.15, 0.2) is 65.3 Å². The molecule has 1 amide bonds.